The number of esters is 1. The van der Waals surface area contributed by atoms with Crippen LogP contribution >= 0.6 is 0 Å². The van der Waals surface area contributed by atoms with Gasteiger partial charge in [-0.25, -0.2) is 19.3 Å². The Bertz CT molecular complexity index is 1680. The third-order valence-electron chi connectivity index (χ3n) is 6.62. The minimum Gasteiger partial charge on any atom is -0.465 e. The van der Waals surface area contributed by atoms with Gasteiger partial charge < -0.3 is 39.0 Å². The molecule has 1 heterocycles. The van der Waals surface area contributed by atoms with Gasteiger partial charge in [-0.3, -0.25) is 9.59 Å². The Morgan fingerprint density at radius 2 is 1.65 bits per heavy atom. The van der Waals surface area contributed by atoms with E-state index in [2.05, 4.69) is 14.8 Å². The lowest BCUT2D eigenvalue weighted by Gasteiger charge is -2.34. The number of benzene rings is 2. The summed E-state index contributed by atoms with van der Waals surface area (Å²) in [5.74, 6) is -4.01. The van der Waals surface area contributed by atoms with Gasteiger partial charge >= 0.3 is 24.5 Å². The second-order valence-corrected chi connectivity index (χ2v) is 13.0. The van der Waals surface area contributed by atoms with E-state index in [0.29, 0.717) is 4.90 Å². The van der Waals surface area contributed by atoms with Crippen LogP contribution in [0.1, 0.15) is 63.0 Å². The number of hydrogen-bond donors (Lipinski definition) is 2. The molecule has 0 aliphatic carbocycles. The number of imide groups is 1. The first-order valence-corrected chi connectivity index (χ1v) is 15.2. The van der Waals surface area contributed by atoms with Gasteiger partial charge in [-0.2, -0.15) is 5.26 Å². The molecule has 0 aromatic heterocycles. The summed E-state index contributed by atoms with van der Waals surface area (Å²) < 4.78 is 63.0. The highest BCUT2D eigenvalue weighted by molar-refractivity contribution is 6.07. The van der Waals surface area contributed by atoms with Crippen molar-refractivity contribution in [3.05, 3.63) is 53.1 Å². The lowest BCUT2D eigenvalue weighted by molar-refractivity contribution is -0.274. The Morgan fingerprint density at radius 3 is 2.18 bits per heavy atom. The smallest absolute Gasteiger partial charge is 0.465 e. The van der Waals surface area contributed by atoms with Crippen LogP contribution in [0, 0.1) is 11.3 Å². The van der Waals surface area contributed by atoms with Gasteiger partial charge in [-0.1, -0.05) is 0 Å². The molecule has 276 valence electrons. The molecule has 1 aliphatic heterocycles. The fourth-order valence-electron chi connectivity index (χ4n) is 4.57. The Morgan fingerprint density at radius 1 is 1.04 bits per heavy atom. The van der Waals surface area contributed by atoms with E-state index in [4.69, 9.17) is 14.2 Å². The first-order valence-electron chi connectivity index (χ1n) is 15.2. The molecule has 2 aromatic rings. The molecule has 3 rings (SSSR count). The number of morpholine rings is 1. The molecule has 2 N–H and O–H groups in total. The largest absolute Gasteiger partial charge is 0.573 e. The van der Waals surface area contributed by atoms with Crippen molar-refractivity contribution in [2.75, 3.05) is 30.5 Å². The van der Waals surface area contributed by atoms with Gasteiger partial charge in [0.1, 0.15) is 17.0 Å². The predicted octanol–water partition coefficient (Wildman–Crippen LogP) is 4.65. The van der Waals surface area contributed by atoms with Crippen LogP contribution in [0.3, 0.4) is 0 Å². The highest BCUT2D eigenvalue weighted by Crippen LogP contribution is 2.32. The number of methoxy groups -OCH3 is 1. The van der Waals surface area contributed by atoms with E-state index < -0.39 is 77.6 Å². The number of aliphatic hydroxyl groups excluding tert-OH is 1. The minimum absolute atomic E-state index is 0.0140. The molecule has 0 bridgehead atoms. The average Bonchev–Trinajstić information content (AvgIpc) is 3.00. The summed E-state index contributed by atoms with van der Waals surface area (Å²) >= 11 is 0. The van der Waals surface area contributed by atoms with Gasteiger partial charge in [-0.05, 0) is 83.5 Å². The molecule has 0 saturated carbocycles. The van der Waals surface area contributed by atoms with Gasteiger partial charge in [0.2, 0.25) is 0 Å². The number of aliphatic hydroxyl groups is 1. The number of ether oxygens (including phenoxy) is 5. The summed E-state index contributed by atoms with van der Waals surface area (Å²) in [5, 5.41) is 23.0. The van der Waals surface area contributed by atoms with E-state index >= 15 is 0 Å². The molecular formula is C33H37F3N4O11. The maximum atomic E-state index is 13.5. The quantitative estimate of drug-likeness (QED) is 0.284. The number of carbonyl (C=O) groups is 5. The van der Waals surface area contributed by atoms with Crippen LogP contribution in [-0.2, 0) is 35.1 Å². The zero-order valence-electron chi connectivity index (χ0n) is 28.7. The second-order valence-electron chi connectivity index (χ2n) is 13.0. The Balaban J connectivity index is 1.87. The van der Waals surface area contributed by atoms with Crippen molar-refractivity contribution in [3.8, 4) is 11.8 Å². The van der Waals surface area contributed by atoms with Crippen molar-refractivity contribution >= 4 is 41.3 Å². The summed E-state index contributed by atoms with van der Waals surface area (Å²) in [5.41, 5.74) is -2.59. The number of nitrogens with zero attached hydrogens (tertiary/aromatic N) is 3. The number of hydrogen-bond acceptors (Lipinski definition) is 12. The lowest BCUT2D eigenvalue weighted by Crippen LogP contribution is -2.55. The number of nitriles is 1. The molecule has 0 spiro atoms. The van der Waals surface area contributed by atoms with Gasteiger partial charge in [0.15, 0.2) is 12.2 Å². The molecular weight excluding hydrogens is 685 g/mol. The maximum Gasteiger partial charge on any atom is 0.573 e. The van der Waals surface area contributed by atoms with Crippen molar-refractivity contribution in [1.82, 2.24) is 4.90 Å². The summed E-state index contributed by atoms with van der Waals surface area (Å²) in [6.45, 7) is 8.52. The molecule has 18 heteroatoms. The number of nitrogens with one attached hydrogen (secondary N) is 1. The van der Waals surface area contributed by atoms with Crippen LogP contribution < -0.4 is 15.0 Å². The van der Waals surface area contributed by atoms with Crippen molar-refractivity contribution in [1.29, 1.82) is 5.26 Å². The molecule has 1 saturated heterocycles. The van der Waals surface area contributed by atoms with Gasteiger partial charge in [-0.15, -0.1) is 13.2 Å². The fourth-order valence-corrected chi connectivity index (χ4v) is 4.57. The van der Waals surface area contributed by atoms with Crippen molar-refractivity contribution in [3.63, 3.8) is 0 Å². The van der Waals surface area contributed by atoms with Crippen LogP contribution in [-0.4, -0.2) is 90.0 Å². The Hall–Kier alpha value is -5.41. The van der Waals surface area contributed by atoms with E-state index in [1.807, 2.05) is 6.07 Å². The van der Waals surface area contributed by atoms with Gasteiger partial charge in [0.05, 0.1) is 43.1 Å². The molecule has 2 atom stereocenters. The Labute approximate surface area is 290 Å². The lowest BCUT2D eigenvalue weighted by atomic mass is 10.1. The number of anilines is 2. The maximum absolute atomic E-state index is 13.5. The molecule has 1 fully saturated rings. The molecule has 0 unspecified atom stereocenters. The monoisotopic (exact) mass is 722 g/mol. The number of amides is 4. The van der Waals surface area contributed by atoms with E-state index in [-0.39, 0.29) is 35.7 Å². The average molecular weight is 723 g/mol. The van der Waals surface area contributed by atoms with Crippen molar-refractivity contribution < 1.29 is 65.9 Å². The zero-order valence-corrected chi connectivity index (χ0v) is 28.7. The van der Waals surface area contributed by atoms with E-state index in [9.17, 15) is 47.5 Å². The topological polar surface area (TPSA) is 194 Å². The Kier molecular flexibility index (Phi) is 12.3. The van der Waals surface area contributed by atoms with Crippen LogP contribution in [0.15, 0.2) is 36.4 Å². The zero-order chi connectivity index (χ0) is 38.5. The van der Waals surface area contributed by atoms with Crippen LogP contribution in [0.5, 0.6) is 5.75 Å². The van der Waals surface area contributed by atoms with Gasteiger partial charge in [0, 0.05) is 12.2 Å². The molecule has 1 aliphatic rings. The first-order chi connectivity index (χ1) is 23.5. The molecule has 4 amide bonds. The molecule has 0 radical (unpaired) electrons. The second kappa shape index (κ2) is 15.6. The molecule has 51 heavy (non-hydrogen) atoms. The predicted molar refractivity (Wildman–Crippen MR) is 170 cm³/mol. The SMILES string of the molecule is COC(=O)c1cc(OC(F)(F)F)ccc1N1CCO[C@H]([C@@H](O)C(=O)Nc2ccc(C#N)c(CN(C(=O)OC(C)(C)C)C(=O)OC(C)(C)C)c2)C1=O. The molecule has 15 nitrogen and oxygen atoms in total. The highest BCUT2D eigenvalue weighted by Gasteiger charge is 2.41. The fraction of sp³-hybridized carbons (Fsp3) is 0.455. The van der Waals surface area contributed by atoms with Crippen LogP contribution in [0.25, 0.3) is 0 Å². The normalized spacial score (nSPS) is 15.6. The number of alkyl halides is 3. The van der Waals surface area contributed by atoms with E-state index in [0.717, 1.165) is 30.2 Å². The van der Waals surface area contributed by atoms with Crippen molar-refractivity contribution in [2.45, 2.75) is 77.9 Å². The number of rotatable bonds is 8. The summed E-state index contributed by atoms with van der Waals surface area (Å²) in [6.07, 6.45) is -11.2. The summed E-state index contributed by atoms with van der Waals surface area (Å²) in [7, 11) is 0.975. The molecule has 2 aromatic carbocycles. The minimum atomic E-state index is -5.07. The number of halogens is 3. The van der Waals surface area contributed by atoms with E-state index in [1.54, 1.807) is 41.5 Å². The summed E-state index contributed by atoms with van der Waals surface area (Å²) in [6, 6.07) is 8.36. The van der Waals surface area contributed by atoms with Crippen LogP contribution in [0.2, 0.25) is 0 Å². The van der Waals surface area contributed by atoms with Crippen LogP contribution in [0.4, 0.5) is 34.1 Å². The standard InChI is InChI=1S/C33H37F3N4O11/c1-31(2,3)50-29(45)40(30(46)51-32(4,5)6)17-19-14-20(9-8-18(19)16-37)38-26(42)24(41)25-27(43)39(12-13-48-25)23-11-10-21(49-33(34,35)36)15-22(23)28(44)47-7/h8-11,14-15,24-25,41H,12-13,17H2,1-7H3,(H,38,42)/t24-,25-/m1/s1. The van der Waals surface area contributed by atoms with Crippen molar-refractivity contribution in [2.24, 2.45) is 0 Å². The number of carbonyl (C=O) groups excluding carboxylic acids is 5. The summed E-state index contributed by atoms with van der Waals surface area (Å²) in [4.78, 5) is 66.7. The first kappa shape index (κ1) is 40.0. The van der Waals surface area contributed by atoms with Gasteiger partial charge in [0.25, 0.3) is 11.8 Å². The third-order valence-corrected chi connectivity index (χ3v) is 6.62. The van der Waals surface area contributed by atoms with E-state index in [1.165, 1.54) is 18.2 Å². The highest BCUT2D eigenvalue weighted by atomic mass is 19.4. The third kappa shape index (κ3) is 11.0.